The van der Waals surface area contributed by atoms with Crippen molar-refractivity contribution >= 4 is 5.69 Å². The lowest BCUT2D eigenvalue weighted by Gasteiger charge is -1.92. The first-order valence-corrected chi connectivity index (χ1v) is 2.69. The Hall–Kier alpha value is -1.69. The van der Waals surface area contributed by atoms with Crippen LogP contribution in [0.25, 0.3) is 0 Å². The minimum Gasteiger partial charge on any atom is -0.398 e. The first-order chi connectivity index (χ1) is 4.75. The highest BCUT2D eigenvalue weighted by atomic mass is 16.1. The predicted molar refractivity (Wildman–Crippen MR) is 39.4 cm³/mol. The minimum atomic E-state index is -0.317. The molecule has 0 bridgehead atoms. The van der Waals surface area contributed by atoms with Crippen molar-refractivity contribution in [3.63, 3.8) is 0 Å². The maximum absolute atomic E-state index is 10.8. The van der Waals surface area contributed by atoms with Crippen molar-refractivity contribution in [3.05, 3.63) is 28.2 Å². The summed E-state index contributed by atoms with van der Waals surface area (Å²) >= 11 is 0. The Morgan fingerprint density at radius 1 is 1.70 bits per heavy atom. The molecule has 0 aromatic carbocycles. The molecule has 0 saturated carbocycles. The fourth-order valence-corrected chi connectivity index (χ4v) is 0.643. The number of nitrogens with two attached hydrogens (primary N) is 1. The second kappa shape index (κ2) is 2.28. The highest BCUT2D eigenvalue weighted by molar-refractivity contribution is 5.52. The number of pyridine rings is 1. The number of nitrogens with one attached hydrogen (secondary N) is 1. The molecular formula is C7H6N2O. The fourth-order valence-electron chi connectivity index (χ4n) is 0.643. The van der Waals surface area contributed by atoms with Gasteiger partial charge < -0.3 is 10.7 Å². The number of nitrogen functional groups attached to an aromatic ring is 1. The molecule has 0 aliphatic heterocycles. The molecule has 3 heteroatoms. The van der Waals surface area contributed by atoms with E-state index in [0.29, 0.717) is 5.69 Å². The van der Waals surface area contributed by atoms with Gasteiger partial charge in [0, 0.05) is 6.20 Å². The zero-order chi connectivity index (χ0) is 7.56. The maximum atomic E-state index is 10.8. The summed E-state index contributed by atoms with van der Waals surface area (Å²) in [6, 6.07) is 1.55. The molecule has 10 heavy (non-hydrogen) atoms. The molecule has 1 heterocycles. The van der Waals surface area contributed by atoms with Gasteiger partial charge in [0.05, 0.1) is 5.69 Å². The molecule has 0 saturated heterocycles. The van der Waals surface area contributed by atoms with Crippen LogP contribution < -0.4 is 11.3 Å². The third kappa shape index (κ3) is 0.869. The second-order valence-corrected chi connectivity index (χ2v) is 1.78. The van der Waals surface area contributed by atoms with Gasteiger partial charge in [-0.15, -0.1) is 6.42 Å². The zero-order valence-electron chi connectivity index (χ0n) is 5.22. The maximum Gasteiger partial charge on any atom is 0.265 e. The number of hydrogen-bond acceptors (Lipinski definition) is 2. The van der Waals surface area contributed by atoms with Gasteiger partial charge in [-0.1, -0.05) is 5.92 Å². The quantitative estimate of drug-likeness (QED) is 0.488. The summed E-state index contributed by atoms with van der Waals surface area (Å²) in [7, 11) is 0. The van der Waals surface area contributed by atoms with Crippen molar-refractivity contribution in [3.8, 4) is 12.3 Å². The van der Waals surface area contributed by atoms with E-state index in [2.05, 4.69) is 10.9 Å². The number of H-pyrrole nitrogens is 1. The SMILES string of the molecule is C#Cc1c(N)cc[nH]c1=O. The van der Waals surface area contributed by atoms with Crippen LogP contribution in [0, 0.1) is 12.3 Å². The average Bonchev–Trinajstić information content (AvgIpc) is 1.88. The van der Waals surface area contributed by atoms with Crippen LogP contribution in [-0.4, -0.2) is 4.98 Å². The lowest BCUT2D eigenvalue weighted by molar-refractivity contribution is 1.23. The van der Waals surface area contributed by atoms with E-state index in [9.17, 15) is 4.79 Å². The molecule has 0 atom stereocenters. The van der Waals surface area contributed by atoms with Crippen LogP contribution in [-0.2, 0) is 0 Å². The topological polar surface area (TPSA) is 58.9 Å². The Kier molecular flexibility index (Phi) is 1.46. The van der Waals surface area contributed by atoms with Crippen molar-refractivity contribution in [2.75, 3.05) is 5.73 Å². The largest absolute Gasteiger partial charge is 0.398 e. The van der Waals surface area contributed by atoms with Gasteiger partial charge in [-0.25, -0.2) is 0 Å². The summed E-state index contributed by atoms with van der Waals surface area (Å²) < 4.78 is 0. The second-order valence-electron chi connectivity index (χ2n) is 1.78. The van der Waals surface area contributed by atoms with Crippen molar-refractivity contribution in [1.82, 2.24) is 4.98 Å². The Labute approximate surface area is 57.9 Å². The molecule has 3 nitrogen and oxygen atoms in total. The van der Waals surface area contributed by atoms with Gasteiger partial charge in [0.15, 0.2) is 0 Å². The van der Waals surface area contributed by atoms with Crippen LogP contribution in [0.4, 0.5) is 5.69 Å². The summed E-state index contributed by atoms with van der Waals surface area (Å²) in [5, 5.41) is 0. The Morgan fingerprint density at radius 2 is 2.40 bits per heavy atom. The van der Waals surface area contributed by atoms with Gasteiger partial charge in [-0.3, -0.25) is 4.79 Å². The summed E-state index contributed by atoms with van der Waals surface area (Å²) in [5.41, 5.74) is 5.59. The molecule has 3 N–H and O–H groups in total. The van der Waals surface area contributed by atoms with Crippen LogP contribution in [0.1, 0.15) is 5.56 Å². The number of aromatic amines is 1. The normalized spacial score (nSPS) is 8.70. The molecule has 0 amide bonds. The summed E-state index contributed by atoms with van der Waals surface area (Å²) in [4.78, 5) is 13.2. The Balaban J connectivity index is 3.50. The van der Waals surface area contributed by atoms with E-state index in [4.69, 9.17) is 12.2 Å². The lowest BCUT2D eigenvalue weighted by atomic mass is 10.2. The van der Waals surface area contributed by atoms with E-state index in [0.717, 1.165) is 0 Å². The van der Waals surface area contributed by atoms with Crippen LogP contribution >= 0.6 is 0 Å². The molecule has 0 aliphatic rings. The highest BCUT2D eigenvalue weighted by Crippen LogP contribution is 2.00. The Bertz CT molecular complexity index is 332. The van der Waals surface area contributed by atoms with E-state index >= 15 is 0 Å². The van der Waals surface area contributed by atoms with E-state index in [1.54, 1.807) is 6.07 Å². The molecule has 0 radical (unpaired) electrons. The van der Waals surface area contributed by atoms with Gasteiger partial charge >= 0.3 is 0 Å². The smallest absolute Gasteiger partial charge is 0.265 e. The molecule has 50 valence electrons. The minimum absolute atomic E-state index is 0.197. The number of rotatable bonds is 0. The van der Waals surface area contributed by atoms with Gasteiger partial charge in [-0.2, -0.15) is 0 Å². The number of anilines is 1. The van der Waals surface area contributed by atoms with Crippen molar-refractivity contribution in [2.24, 2.45) is 0 Å². The number of hydrogen-bond donors (Lipinski definition) is 2. The van der Waals surface area contributed by atoms with Crippen LogP contribution in [0.2, 0.25) is 0 Å². The summed E-state index contributed by atoms with van der Waals surface area (Å²) in [5.74, 6) is 2.19. The molecule has 0 fully saturated rings. The van der Waals surface area contributed by atoms with Crippen molar-refractivity contribution in [1.29, 1.82) is 0 Å². The van der Waals surface area contributed by atoms with E-state index in [1.165, 1.54) is 6.20 Å². The van der Waals surface area contributed by atoms with Gasteiger partial charge in [0.2, 0.25) is 0 Å². The van der Waals surface area contributed by atoms with Crippen LogP contribution in [0.3, 0.4) is 0 Å². The van der Waals surface area contributed by atoms with Crippen molar-refractivity contribution < 1.29 is 0 Å². The molecule has 0 spiro atoms. The van der Waals surface area contributed by atoms with Crippen molar-refractivity contribution in [2.45, 2.75) is 0 Å². The molecule has 1 rings (SSSR count). The van der Waals surface area contributed by atoms with E-state index in [1.807, 2.05) is 0 Å². The first-order valence-electron chi connectivity index (χ1n) is 2.69. The van der Waals surface area contributed by atoms with Crippen LogP contribution in [0.15, 0.2) is 17.1 Å². The fraction of sp³-hybridized carbons (Fsp3) is 0. The van der Waals surface area contributed by atoms with Gasteiger partial charge in [0.1, 0.15) is 5.56 Å². The monoisotopic (exact) mass is 134 g/mol. The standard InChI is InChI=1S/C7H6N2O/c1-2-5-6(8)3-4-9-7(5)10/h1,3-4H,(H3,8,9,10). The molecule has 0 unspecified atom stereocenters. The summed E-state index contributed by atoms with van der Waals surface area (Å²) in [6.45, 7) is 0. The molecule has 0 aliphatic carbocycles. The van der Waals surface area contributed by atoms with Gasteiger partial charge in [0.25, 0.3) is 5.56 Å². The summed E-state index contributed by atoms with van der Waals surface area (Å²) in [6.07, 6.45) is 6.46. The lowest BCUT2D eigenvalue weighted by Crippen LogP contribution is -2.11. The van der Waals surface area contributed by atoms with E-state index < -0.39 is 0 Å². The number of terminal acetylenes is 1. The average molecular weight is 134 g/mol. The zero-order valence-corrected chi connectivity index (χ0v) is 5.22. The van der Waals surface area contributed by atoms with Crippen LogP contribution in [0.5, 0.6) is 0 Å². The predicted octanol–water partition coefficient (Wildman–Crippen LogP) is -0.0616. The third-order valence-electron chi connectivity index (χ3n) is 1.14. The first kappa shape index (κ1) is 6.43. The molecule has 1 aromatic heterocycles. The number of aromatic nitrogens is 1. The molecule has 1 aromatic rings. The van der Waals surface area contributed by atoms with Gasteiger partial charge in [-0.05, 0) is 6.07 Å². The third-order valence-corrected chi connectivity index (χ3v) is 1.14. The Morgan fingerprint density at radius 3 is 2.80 bits per heavy atom. The molecular weight excluding hydrogens is 128 g/mol. The highest BCUT2D eigenvalue weighted by Gasteiger charge is 1.97. The van der Waals surface area contributed by atoms with E-state index in [-0.39, 0.29) is 11.1 Å².